The van der Waals surface area contributed by atoms with Crippen molar-refractivity contribution < 1.29 is 9.59 Å². The first-order valence-corrected chi connectivity index (χ1v) is 9.29. The molecule has 0 saturated carbocycles. The van der Waals surface area contributed by atoms with E-state index < -0.39 is 6.04 Å². The number of hydrogen-bond donors (Lipinski definition) is 2. The van der Waals surface area contributed by atoms with Crippen LogP contribution in [-0.4, -0.2) is 35.6 Å². The third-order valence-corrected chi connectivity index (χ3v) is 5.39. The van der Waals surface area contributed by atoms with E-state index in [0.717, 1.165) is 14.6 Å². The first kappa shape index (κ1) is 17.7. The molecule has 2 aromatic rings. The van der Waals surface area contributed by atoms with E-state index in [-0.39, 0.29) is 17.6 Å². The molecule has 5 nitrogen and oxygen atoms in total. The van der Waals surface area contributed by atoms with Gasteiger partial charge in [-0.15, -0.1) is 11.3 Å². The Balaban J connectivity index is 1.91. The van der Waals surface area contributed by atoms with Crippen LogP contribution in [0.5, 0.6) is 0 Å². The highest BCUT2D eigenvalue weighted by Gasteiger charge is 2.21. The molecule has 1 unspecified atom stereocenters. The number of amides is 2. The van der Waals surface area contributed by atoms with E-state index in [9.17, 15) is 9.59 Å². The molecule has 0 spiro atoms. The van der Waals surface area contributed by atoms with Crippen LogP contribution in [-0.2, 0) is 9.59 Å². The second-order valence-electron chi connectivity index (χ2n) is 5.60. The summed E-state index contributed by atoms with van der Waals surface area (Å²) in [5, 5.41) is 5.40. The fraction of sp³-hybridized carbons (Fsp3) is 0.438. The average Bonchev–Trinajstić information content (AvgIpc) is 2.94. The van der Waals surface area contributed by atoms with Crippen molar-refractivity contribution in [2.45, 2.75) is 30.6 Å². The number of aromatic nitrogens is 1. The highest BCUT2D eigenvalue weighted by Crippen LogP contribution is 2.29. The van der Waals surface area contributed by atoms with E-state index in [1.807, 2.05) is 38.1 Å². The van der Waals surface area contributed by atoms with Gasteiger partial charge in [0, 0.05) is 7.05 Å². The van der Waals surface area contributed by atoms with Gasteiger partial charge < -0.3 is 10.6 Å². The van der Waals surface area contributed by atoms with Gasteiger partial charge >= 0.3 is 0 Å². The van der Waals surface area contributed by atoms with Crippen molar-refractivity contribution >= 4 is 45.1 Å². The lowest BCUT2D eigenvalue weighted by Gasteiger charge is -2.18. The molecular weight excluding hydrogens is 330 g/mol. The van der Waals surface area contributed by atoms with Crippen molar-refractivity contribution in [2.24, 2.45) is 5.92 Å². The Morgan fingerprint density at radius 3 is 2.70 bits per heavy atom. The Bertz CT molecular complexity index is 652. The summed E-state index contributed by atoms with van der Waals surface area (Å²) in [5.74, 6) is 0.279. The average molecular weight is 351 g/mol. The third kappa shape index (κ3) is 5.21. The number of carbonyl (C=O) groups is 2. The van der Waals surface area contributed by atoms with E-state index in [0.29, 0.717) is 12.3 Å². The van der Waals surface area contributed by atoms with Gasteiger partial charge in [-0.1, -0.05) is 37.7 Å². The lowest BCUT2D eigenvalue weighted by molar-refractivity contribution is -0.127. The molecule has 1 aromatic heterocycles. The lowest BCUT2D eigenvalue weighted by atomic mass is 10.0. The molecule has 1 atom stereocenters. The maximum absolute atomic E-state index is 12.1. The van der Waals surface area contributed by atoms with E-state index in [1.165, 1.54) is 11.8 Å². The standard InChI is InChI=1S/C16H21N3O2S2/c1-10(2)8-12(15(21)17-3)18-14(20)9-22-16-19-11-6-4-5-7-13(11)23-16/h4-7,10,12H,8-9H2,1-3H3,(H,17,21)(H,18,20). The fourth-order valence-corrected chi connectivity index (χ4v) is 4.03. The molecule has 0 fully saturated rings. The topological polar surface area (TPSA) is 71.1 Å². The van der Waals surface area contributed by atoms with Crippen LogP contribution >= 0.6 is 23.1 Å². The largest absolute Gasteiger partial charge is 0.357 e. The van der Waals surface area contributed by atoms with E-state index in [1.54, 1.807) is 18.4 Å². The number of rotatable bonds is 7. The number of nitrogens with zero attached hydrogens (tertiary/aromatic N) is 1. The smallest absolute Gasteiger partial charge is 0.242 e. The molecule has 23 heavy (non-hydrogen) atoms. The number of hydrogen-bond acceptors (Lipinski definition) is 5. The zero-order chi connectivity index (χ0) is 16.8. The number of carbonyl (C=O) groups excluding carboxylic acids is 2. The summed E-state index contributed by atoms with van der Waals surface area (Å²) in [7, 11) is 1.58. The van der Waals surface area contributed by atoms with Gasteiger partial charge in [0.1, 0.15) is 6.04 Å². The van der Waals surface area contributed by atoms with Crippen LogP contribution in [0.15, 0.2) is 28.6 Å². The second-order valence-corrected chi connectivity index (χ2v) is 7.85. The Morgan fingerprint density at radius 1 is 1.30 bits per heavy atom. The SMILES string of the molecule is CNC(=O)C(CC(C)C)NC(=O)CSc1nc2ccccc2s1. The molecule has 0 bridgehead atoms. The van der Waals surface area contributed by atoms with Crippen molar-refractivity contribution in [1.82, 2.24) is 15.6 Å². The minimum atomic E-state index is -0.483. The summed E-state index contributed by atoms with van der Waals surface area (Å²) in [6, 6.07) is 7.41. The first-order chi connectivity index (χ1) is 11.0. The Morgan fingerprint density at radius 2 is 2.04 bits per heavy atom. The summed E-state index contributed by atoms with van der Waals surface area (Å²) >= 11 is 2.97. The molecule has 2 rings (SSSR count). The first-order valence-electron chi connectivity index (χ1n) is 7.49. The molecule has 1 aromatic carbocycles. The van der Waals surface area contributed by atoms with E-state index in [4.69, 9.17) is 0 Å². The van der Waals surface area contributed by atoms with Gasteiger partial charge in [0.15, 0.2) is 4.34 Å². The van der Waals surface area contributed by atoms with Gasteiger partial charge in [0.25, 0.3) is 0 Å². The number of benzene rings is 1. The molecule has 0 aliphatic carbocycles. The number of nitrogens with one attached hydrogen (secondary N) is 2. The molecule has 2 amide bonds. The van der Waals surface area contributed by atoms with Gasteiger partial charge in [-0.2, -0.15) is 0 Å². The van der Waals surface area contributed by atoms with Crippen LogP contribution in [0.4, 0.5) is 0 Å². The number of fused-ring (bicyclic) bond motifs is 1. The van der Waals surface area contributed by atoms with Crippen LogP contribution in [0.2, 0.25) is 0 Å². The van der Waals surface area contributed by atoms with Gasteiger partial charge in [0.05, 0.1) is 16.0 Å². The van der Waals surface area contributed by atoms with Crippen LogP contribution < -0.4 is 10.6 Å². The molecule has 7 heteroatoms. The summed E-state index contributed by atoms with van der Waals surface area (Å²) in [5.41, 5.74) is 0.948. The summed E-state index contributed by atoms with van der Waals surface area (Å²) in [6.07, 6.45) is 0.622. The maximum Gasteiger partial charge on any atom is 0.242 e. The van der Waals surface area contributed by atoms with Crippen LogP contribution in [0.3, 0.4) is 0 Å². The monoisotopic (exact) mass is 351 g/mol. The van der Waals surface area contributed by atoms with Crippen LogP contribution in [0.25, 0.3) is 10.2 Å². The molecule has 1 heterocycles. The predicted octanol–water partition coefficient (Wildman–Crippen LogP) is 2.67. The van der Waals surface area contributed by atoms with Crippen molar-refractivity contribution in [2.75, 3.05) is 12.8 Å². The Labute approximate surface area is 144 Å². The van der Waals surface area contributed by atoms with Crippen LogP contribution in [0.1, 0.15) is 20.3 Å². The van der Waals surface area contributed by atoms with Gasteiger partial charge in [-0.05, 0) is 24.5 Å². The van der Waals surface area contributed by atoms with Crippen molar-refractivity contribution in [3.8, 4) is 0 Å². The Hall–Kier alpha value is -1.60. The molecule has 2 N–H and O–H groups in total. The van der Waals surface area contributed by atoms with E-state index in [2.05, 4.69) is 15.6 Å². The number of thiazole rings is 1. The van der Waals surface area contributed by atoms with Gasteiger partial charge in [-0.3, -0.25) is 9.59 Å². The Kier molecular flexibility index (Phi) is 6.41. The maximum atomic E-state index is 12.1. The molecular formula is C16H21N3O2S2. The molecule has 0 aliphatic rings. The summed E-state index contributed by atoms with van der Waals surface area (Å²) in [6.45, 7) is 4.05. The van der Waals surface area contributed by atoms with E-state index >= 15 is 0 Å². The molecule has 0 aliphatic heterocycles. The summed E-state index contributed by atoms with van der Waals surface area (Å²) < 4.78 is 1.97. The molecule has 124 valence electrons. The van der Waals surface area contributed by atoms with Gasteiger partial charge in [-0.25, -0.2) is 4.98 Å². The number of para-hydroxylation sites is 1. The van der Waals surface area contributed by atoms with Gasteiger partial charge in [0.2, 0.25) is 11.8 Å². The zero-order valence-corrected chi connectivity index (χ0v) is 15.1. The normalized spacial score (nSPS) is 12.3. The number of thioether (sulfide) groups is 1. The third-order valence-electron chi connectivity index (χ3n) is 3.21. The minimum absolute atomic E-state index is 0.150. The fourth-order valence-electron chi connectivity index (χ4n) is 2.15. The molecule has 0 saturated heterocycles. The minimum Gasteiger partial charge on any atom is -0.357 e. The second kappa shape index (κ2) is 8.31. The van der Waals surface area contributed by atoms with Crippen molar-refractivity contribution in [1.29, 1.82) is 0 Å². The lowest BCUT2D eigenvalue weighted by Crippen LogP contribution is -2.47. The van der Waals surface area contributed by atoms with Crippen LogP contribution in [0, 0.1) is 5.92 Å². The highest BCUT2D eigenvalue weighted by atomic mass is 32.2. The molecule has 0 radical (unpaired) electrons. The van der Waals surface area contributed by atoms with Crippen molar-refractivity contribution in [3.63, 3.8) is 0 Å². The number of likely N-dealkylation sites (N-methyl/N-ethyl adjacent to an activating group) is 1. The zero-order valence-electron chi connectivity index (χ0n) is 13.5. The quantitative estimate of drug-likeness (QED) is 0.753. The summed E-state index contributed by atoms with van der Waals surface area (Å²) in [4.78, 5) is 28.4. The predicted molar refractivity (Wildman–Crippen MR) is 95.8 cm³/mol. The highest BCUT2D eigenvalue weighted by molar-refractivity contribution is 8.01. The van der Waals surface area contributed by atoms with Crippen molar-refractivity contribution in [3.05, 3.63) is 24.3 Å².